The molecule has 0 aliphatic carbocycles. The second-order valence-electron chi connectivity index (χ2n) is 6.69. The lowest BCUT2D eigenvalue weighted by Crippen LogP contribution is -2.49. The van der Waals surface area contributed by atoms with Gasteiger partial charge in [-0.2, -0.15) is 0 Å². The molecule has 150 valence electrons. The second kappa shape index (κ2) is 10.5. The molecule has 0 heterocycles. The highest BCUT2D eigenvalue weighted by atomic mass is 35.5. The zero-order valence-electron chi connectivity index (χ0n) is 16.5. The Balaban J connectivity index is 2.32. The van der Waals surface area contributed by atoms with Crippen molar-refractivity contribution in [3.8, 4) is 0 Å². The minimum atomic E-state index is -0.533. The third-order valence-electron chi connectivity index (χ3n) is 4.68. The van der Waals surface area contributed by atoms with E-state index in [0.29, 0.717) is 29.6 Å². The van der Waals surface area contributed by atoms with Gasteiger partial charge in [0.2, 0.25) is 11.8 Å². The molecule has 2 rings (SSSR count). The van der Waals surface area contributed by atoms with Gasteiger partial charge < -0.3 is 10.2 Å². The Morgan fingerprint density at radius 1 is 1.07 bits per heavy atom. The molecule has 0 fully saturated rings. The molecule has 0 aliphatic heterocycles. The summed E-state index contributed by atoms with van der Waals surface area (Å²) in [4.78, 5) is 27.5. The summed E-state index contributed by atoms with van der Waals surface area (Å²) in [7, 11) is 0. The van der Waals surface area contributed by atoms with Crippen molar-refractivity contribution in [2.24, 2.45) is 0 Å². The molecule has 0 aliphatic rings. The number of nitrogens with zero attached hydrogens (tertiary/aromatic N) is 1. The van der Waals surface area contributed by atoms with Crippen LogP contribution in [-0.2, 0) is 22.6 Å². The lowest BCUT2D eigenvalue weighted by atomic mass is 10.0. The molecule has 28 heavy (non-hydrogen) atoms. The summed E-state index contributed by atoms with van der Waals surface area (Å²) in [5, 5.41) is 3.70. The van der Waals surface area contributed by atoms with Crippen LogP contribution in [0, 0.1) is 6.92 Å². The zero-order valence-corrected chi connectivity index (χ0v) is 18.0. The van der Waals surface area contributed by atoms with Gasteiger partial charge in [0.1, 0.15) is 6.04 Å². The molecule has 2 aromatic carbocycles. The maximum Gasteiger partial charge on any atom is 0.242 e. The summed E-state index contributed by atoms with van der Waals surface area (Å²) in [5.74, 6) is -0.263. The number of likely N-dealkylation sites (N-methyl/N-ethyl adjacent to an activating group) is 1. The first-order valence-electron chi connectivity index (χ1n) is 9.42. The van der Waals surface area contributed by atoms with Gasteiger partial charge in [-0.1, -0.05) is 60.5 Å². The van der Waals surface area contributed by atoms with Crippen LogP contribution in [0.3, 0.4) is 0 Å². The van der Waals surface area contributed by atoms with E-state index in [9.17, 15) is 9.59 Å². The lowest BCUT2D eigenvalue weighted by Gasteiger charge is -2.31. The molecule has 4 nitrogen and oxygen atoms in total. The summed E-state index contributed by atoms with van der Waals surface area (Å²) >= 11 is 12.1. The van der Waals surface area contributed by atoms with Gasteiger partial charge in [-0.05, 0) is 49.1 Å². The molecular formula is C22H26Cl2N2O2. The van der Waals surface area contributed by atoms with E-state index in [1.807, 2.05) is 45.0 Å². The van der Waals surface area contributed by atoms with E-state index in [2.05, 4.69) is 5.32 Å². The topological polar surface area (TPSA) is 49.4 Å². The van der Waals surface area contributed by atoms with Crippen LogP contribution in [0.5, 0.6) is 0 Å². The van der Waals surface area contributed by atoms with E-state index in [4.69, 9.17) is 23.2 Å². The third kappa shape index (κ3) is 5.73. The van der Waals surface area contributed by atoms with Gasteiger partial charge in [0.15, 0.2) is 0 Å². The van der Waals surface area contributed by atoms with Crippen LogP contribution < -0.4 is 5.32 Å². The van der Waals surface area contributed by atoms with Crippen molar-refractivity contribution in [3.63, 3.8) is 0 Å². The monoisotopic (exact) mass is 420 g/mol. The largest absolute Gasteiger partial charge is 0.355 e. The molecule has 0 saturated carbocycles. The van der Waals surface area contributed by atoms with E-state index in [0.717, 1.165) is 16.7 Å². The maximum atomic E-state index is 13.2. The van der Waals surface area contributed by atoms with Crippen LogP contribution in [-0.4, -0.2) is 29.3 Å². The zero-order chi connectivity index (χ0) is 20.7. The van der Waals surface area contributed by atoms with Crippen LogP contribution in [0.2, 0.25) is 10.0 Å². The van der Waals surface area contributed by atoms with Crippen molar-refractivity contribution in [2.45, 2.75) is 46.2 Å². The molecule has 0 bridgehead atoms. The normalized spacial score (nSPS) is 11.8. The molecule has 0 aromatic heterocycles. The first-order chi connectivity index (χ1) is 13.4. The van der Waals surface area contributed by atoms with Gasteiger partial charge in [-0.25, -0.2) is 0 Å². The highest BCUT2D eigenvalue weighted by Gasteiger charge is 2.28. The van der Waals surface area contributed by atoms with Gasteiger partial charge in [0, 0.05) is 13.1 Å². The van der Waals surface area contributed by atoms with Crippen LogP contribution >= 0.6 is 23.2 Å². The van der Waals surface area contributed by atoms with E-state index < -0.39 is 6.04 Å². The Kier molecular flexibility index (Phi) is 8.34. The number of benzene rings is 2. The molecule has 0 unspecified atom stereocenters. The predicted molar refractivity (Wildman–Crippen MR) is 115 cm³/mol. The molecule has 1 N–H and O–H groups in total. The Morgan fingerprint density at radius 2 is 1.79 bits per heavy atom. The summed E-state index contributed by atoms with van der Waals surface area (Å²) in [5.41, 5.74) is 2.87. The van der Waals surface area contributed by atoms with Gasteiger partial charge in [-0.15, -0.1) is 0 Å². The number of halogens is 2. The predicted octanol–water partition coefficient (Wildman–Crippen LogP) is 4.79. The van der Waals surface area contributed by atoms with E-state index in [1.165, 1.54) is 0 Å². The Bertz CT molecular complexity index is 839. The minimum Gasteiger partial charge on any atom is -0.355 e. The van der Waals surface area contributed by atoms with Crippen molar-refractivity contribution < 1.29 is 9.59 Å². The third-order valence-corrected chi connectivity index (χ3v) is 5.42. The Hall–Kier alpha value is -2.04. The van der Waals surface area contributed by atoms with Crippen molar-refractivity contribution in [2.75, 3.05) is 6.54 Å². The van der Waals surface area contributed by atoms with Crippen LogP contribution in [0.1, 0.15) is 37.0 Å². The van der Waals surface area contributed by atoms with Gasteiger partial charge in [0.25, 0.3) is 0 Å². The number of carbonyl (C=O) groups excluding carboxylic acids is 2. The van der Waals surface area contributed by atoms with Gasteiger partial charge in [0.05, 0.1) is 16.5 Å². The van der Waals surface area contributed by atoms with Crippen molar-refractivity contribution >= 4 is 35.0 Å². The minimum absolute atomic E-state index is 0.125. The molecule has 0 spiro atoms. The Morgan fingerprint density at radius 3 is 2.39 bits per heavy atom. The quantitative estimate of drug-likeness (QED) is 0.667. The highest BCUT2D eigenvalue weighted by Crippen LogP contribution is 2.24. The number of hydrogen-bond acceptors (Lipinski definition) is 2. The molecule has 0 radical (unpaired) electrons. The van der Waals surface area contributed by atoms with Crippen molar-refractivity contribution in [3.05, 3.63) is 69.2 Å². The summed E-state index contributed by atoms with van der Waals surface area (Å²) in [6.07, 6.45) is 0.684. The highest BCUT2D eigenvalue weighted by molar-refractivity contribution is 6.42. The molecule has 6 heteroatoms. The fourth-order valence-corrected chi connectivity index (χ4v) is 3.43. The number of amides is 2. The molecular weight excluding hydrogens is 395 g/mol. The lowest BCUT2D eigenvalue weighted by molar-refractivity contribution is -0.140. The standard InChI is InChI=1S/C22H26Cl2N2O2/c1-4-20(22(28)25-5-2)26(14-17-9-7-6-8-15(17)3)21(27)13-16-10-11-18(23)19(24)12-16/h6-12,20H,4-5,13-14H2,1-3H3,(H,25,28)/t20-/m1/s1. The van der Waals surface area contributed by atoms with Crippen molar-refractivity contribution in [1.29, 1.82) is 0 Å². The SMILES string of the molecule is CCNC(=O)[C@@H](CC)N(Cc1ccccc1C)C(=O)Cc1ccc(Cl)c(Cl)c1. The first kappa shape index (κ1) is 22.3. The van der Waals surface area contributed by atoms with E-state index >= 15 is 0 Å². The Labute approximate surface area is 176 Å². The van der Waals surface area contributed by atoms with Crippen LogP contribution in [0.25, 0.3) is 0 Å². The average Bonchev–Trinajstić information content (AvgIpc) is 2.66. The fourth-order valence-electron chi connectivity index (χ4n) is 3.11. The van der Waals surface area contributed by atoms with E-state index in [-0.39, 0.29) is 18.2 Å². The average molecular weight is 421 g/mol. The molecule has 0 saturated heterocycles. The molecule has 2 aromatic rings. The van der Waals surface area contributed by atoms with Crippen LogP contribution in [0.4, 0.5) is 0 Å². The fraction of sp³-hybridized carbons (Fsp3) is 0.364. The number of nitrogens with one attached hydrogen (secondary N) is 1. The molecule has 1 atom stereocenters. The number of aryl methyl sites for hydroxylation is 1. The number of hydrogen-bond donors (Lipinski definition) is 1. The van der Waals surface area contributed by atoms with Gasteiger partial charge >= 0.3 is 0 Å². The maximum absolute atomic E-state index is 13.2. The summed E-state index contributed by atoms with van der Waals surface area (Å²) < 4.78 is 0. The number of carbonyl (C=O) groups is 2. The summed E-state index contributed by atoms with van der Waals surface area (Å²) in [6.45, 7) is 6.69. The van der Waals surface area contributed by atoms with Crippen LogP contribution in [0.15, 0.2) is 42.5 Å². The molecule has 2 amide bonds. The van der Waals surface area contributed by atoms with Gasteiger partial charge in [-0.3, -0.25) is 9.59 Å². The van der Waals surface area contributed by atoms with Crippen molar-refractivity contribution in [1.82, 2.24) is 10.2 Å². The second-order valence-corrected chi connectivity index (χ2v) is 7.51. The number of rotatable bonds is 8. The first-order valence-corrected chi connectivity index (χ1v) is 10.2. The van der Waals surface area contributed by atoms with E-state index in [1.54, 1.807) is 23.1 Å². The summed E-state index contributed by atoms with van der Waals surface area (Å²) in [6, 6.07) is 12.5. The smallest absolute Gasteiger partial charge is 0.242 e.